The van der Waals surface area contributed by atoms with Crippen LogP contribution in [0.1, 0.15) is 62.0 Å². The van der Waals surface area contributed by atoms with Crippen molar-refractivity contribution in [3.8, 4) is 11.8 Å². The van der Waals surface area contributed by atoms with Crippen molar-refractivity contribution in [2.45, 2.75) is 51.5 Å². The quantitative estimate of drug-likeness (QED) is 0.656. The van der Waals surface area contributed by atoms with Crippen LogP contribution < -0.4 is 5.56 Å². The molecule has 0 N–H and O–H groups in total. The average Bonchev–Trinajstić information content (AvgIpc) is 3.11. The second-order valence-electron chi connectivity index (χ2n) is 7.20. The zero-order valence-electron chi connectivity index (χ0n) is 15.9. The normalized spacial score (nSPS) is 14.9. The summed E-state index contributed by atoms with van der Waals surface area (Å²) in [5.41, 5.74) is 2.36. The van der Waals surface area contributed by atoms with Gasteiger partial charge in [0.2, 0.25) is 0 Å². The van der Waals surface area contributed by atoms with Crippen LogP contribution in [0.3, 0.4) is 0 Å². The van der Waals surface area contributed by atoms with Crippen molar-refractivity contribution in [3.63, 3.8) is 0 Å². The summed E-state index contributed by atoms with van der Waals surface area (Å²) in [5.74, 6) is 7.17. The molecule has 5 nitrogen and oxygen atoms in total. The lowest BCUT2D eigenvalue weighted by molar-refractivity contribution is 0.337. The van der Waals surface area contributed by atoms with Crippen LogP contribution in [-0.2, 0) is 13.5 Å². The van der Waals surface area contributed by atoms with E-state index in [0.29, 0.717) is 5.39 Å². The molecule has 0 saturated heterocycles. The Bertz CT molecular complexity index is 1090. The summed E-state index contributed by atoms with van der Waals surface area (Å²) in [5, 5.41) is 4.78. The standard InChI is InChI=1S/C22H24N4O/c1-3-20-24-19-11-7-8-17(13-12-16-14-23-25(2)15-16)21(19)22(27)26(20)18-9-5-4-6-10-18/h7-8,11,14-15,18H,3-6,9-10H2,1-2H3. The molecule has 4 rings (SSSR count). The number of hydrogen-bond donors (Lipinski definition) is 0. The molecule has 0 spiro atoms. The van der Waals surface area contributed by atoms with Gasteiger partial charge in [0.05, 0.1) is 22.7 Å². The molecule has 1 fully saturated rings. The first-order valence-corrected chi connectivity index (χ1v) is 9.72. The second kappa shape index (κ2) is 7.40. The molecule has 2 heterocycles. The number of rotatable bonds is 2. The fourth-order valence-corrected chi connectivity index (χ4v) is 3.98. The maximum atomic E-state index is 13.5. The summed E-state index contributed by atoms with van der Waals surface area (Å²) in [6.07, 6.45) is 10.1. The van der Waals surface area contributed by atoms with Gasteiger partial charge in [-0.1, -0.05) is 44.1 Å². The van der Waals surface area contributed by atoms with E-state index in [4.69, 9.17) is 4.98 Å². The van der Waals surface area contributed by atoms with Crippen molar-refractivity contribution in [1.82, 2.24) is 19.3 Å². The van der Waals surface area contributed by atoms with Gasteiger partial charge in [-0.2, -0.15) is 5.10 Å². The minimum atomic E-state index is 0.0554. The summed E-state index contributed by atoms with van der Waals surface area (Å²) >= 11 is 0. The maximum absolute atomic E-state index is 13.5. The first-order valence-electron chi connectivity index (χ1n) is 9.72. The minimum Gasteiger partial charge on any atom is -0.293 e. The number of aromatic nitrogens is 4. The molecule has 2 aromatic heterocycles. The predicted molar refractivity (Wildman–Crippen MR) is 107 cm³/mol. The monoisotopic (exact) mass is 360 g/mol. The Morgan fingerprint density at radius 2 is 2.00 bits per heavy atom. The van der Waals surface area contributed by atoms with Crippen LogP contribution in [0.2, 0.25) is 0 Å². The van der Waals surface area contributed by atoms with Crippen LogP contribution in [0.15, 0.2) is 35.4 Å². The topological polar surface area (TPSA) is 52.7 Å². The van der Waals surface area contributed by atoms with Gasteiger partial charge in [-0.3, -0.25) is 14.0 Å². The molecule has 5 heteroatoms. The van der Waals surface area contributed by atoms with Gasteiger partial charge in [0.25, 0.3) is 5.56 Å². The minimum absolute atomic E-state index is 0.0554. The molecule has 138 valence electrons. The average molecular weight is 360 g/mol. The van der Waals surface area contributed by atoms with Gasteiger partial charge in [-0.15, -0.1) is 0 Å². The molecule has 0 bridgehead atoms. The molecule has 0 unspecified atom stereocenters. The lowest BCUT2D eigenvalue weighted by Gasteiger charge is -2.26. The van der Waals surface area contributed by atoms with E-state index < -0.39 is 0 Å². The van der Waals surface area contributed by atoms with E-state index in [2.05, 4.69) is 23.9 Å². The Balaban J connectivity index is 1.89. The van der Waals surface area contributed by atoms with Crippen LogP contribution in [0, 0.1) is 11.8 Å². The molecule has 3 aromatic rings. The molecule has 27 heavy (non-hydrogen) atoms. The van der Waals surface area contributed by atoms with Crippen molar-refractivity contribution >= 4 is 10.9 Å². The van der Waals surface area contributed by atoms with E-state index in [-0.39, 0.29) is 11.6 Å². The zero-order valence-corrected chi connectivity index (χ0v) is 15.9. The smallest absolute Gasteiger partial charge is 0.262 e. The van der Waals surface area contributed by atoms with Gasteiger partial charge in [-0.05, 0) is 25.0 Å². The van der Waals surface area contributed by atoms with Gasteiger partial charge in [-0.25, -0.2) is 4.98 Å². The molecule has 1 aromatic carbocycles. The van der Waals surface area contributed by atoms with Crippen molar-refractivity contribution < 1.29 is 0 Å². The SMILES string of the molecule is CCc1nc2cccc(C#Cc3cnn(C)c3)c2c(=O)n1C1CCCCC1. The number of benzene rings is 1. The Kier molecular flexibility index (Phi) is 4.81. The third-order valence-electron chi connectivity index (χ3n) is 5.31. The lowest BCUT2D eigenvalue weighted by atomic mass is 9.94. The molecule has 1 saturated carbocycles. The van der Waals surface area contributed by atoms with Gasteiger partial charge in [0.15, 0.2) is 0 Å². The summed E-state index contributed by atoms with van der Waals surface area (Å²) in [7, 11) is 1.86. The highest BCUT2D eigenvalue weighted by atomic mass is 16.1. The summed E-state index contributed by atoms with van der Waals surface area (Å²) < 4.78 is 3.68. The lowest BCUT2D eigenvalue weighted by Crippen LogP contribution is -2.30. The number of hydrogen-bond acceptors (Lipinski definition) is 3. The van der Waals surface area contributed by atoms with E-state index in [1.165, 1.54) is 19.3 Å². The molecule has 0 amide bonds. The highest BCUT2D eigenvalue weighted by Crippen LogP contribution is 2.28. The van der Waals surface area contributed by atoms with Crippen molar-refractivity contribution in [2.75, 3.05) is 0 Å². The van der Waals surface area contributed by atoms with E-state index >= 15 is 0 Å². The van der Waals surface area contributed by atoms with Crippen LogP contribution in [0.5, 0.6) is 0 Å². The third kappa shape index (κ3) is 3.40. The Labute approximate surface area is 159 Å². The molecule has 1 aliphatic rings. The largest absolute Gasteiger partial charge is 0.293 e. The zero-order chi connectivity index (χ0) is 18.8. The van der Waals surface area contributed by atoms with Crippen LogP contribution in [0.4, 0.5) is 0 Å². The first kappa shape index (κ1) is 17.5. The van der Waals surface area contributed by atoms with Crippen molar-refractivity contribution in [1.29, 1.82) is 0 Å². The first-order chi connectivity index (χ1) is 13.2. The fraction of sp³-hybridized carbons (Fsp3) is 0.409. The molecule has 1 aliphatic carbocycles. The second-order valence-corrected chi connectivity index (χ2v) is 7.20. The highest BCUT2D eigenvalue weighted by molar-refractivity contribution is 5.84. The molecule has 0 aliphatic heterocycles. The van der Waals surface area contributed by atoms with E-state index in [1.807, 2.05) is 36.0 Å². The molecular weight excluding hydrogens is 336 g/mol. The third-order valence-corrected chi connectivity index (χ3v) is 5.31. The number of fused-ring (bicyclic) bond motifs is 1. The molecule has 0 radical (unpaired) electrons. The van der Waals surface area contributed by atoms with E-state index in [0.717, 1.165) is 41.7 Å². The van der Waals surface area contributed by atoms with Gasteiger partial charge in [0.1, 0.15) is 5.82 Å². The Morgan fingerprint density at radius 3 is 2.70 bits per heavy atom. The van der Waals surface area contributed by atoms with Gasteiger partial charge < -0.3 is 0 Å². The molecular formula is C22H24N4O. The van der Waals surface area contributed by atoms with E-state index in [1.54, 1.807) is 10.9 Å². The Morgan fingerprint density at radius 1 is 1.19 bits per heavy atom. The van der Waals surface area contributed by atoms with Crippen molar-refractivity contribution in [2.24, 2.45) is 7.05 Å². The van der Waals surface area contributed by atoms with Crippen LogP contribution in [-0.4, -0.2) is 19.3 Å². The maximum Gasteiger partial charge on any atom is 0.262 e. The van der Waals surface area contributed by atoms with Crippen LogP contribution in [0.25, 0.3) is 10.9 Å². The summed E-state index contributed by atoms with van der Waals surface area (Å²) in [4.78, 5) is 18.3. The number of nitrogens with zero attached hydrogens (tertiary/aromatic N) is 4. The van der Waals surface area contributed by atoms with Crippen molar-refractivity contribution in [3.05, 3.63) is 57.9 Å². The summed E-state index contributed by atoms with van der Waals surface area (Å²) in [6.45, 7) is 2.07. The highest BCUT2D eigenvalue weighted by Gasteiger charge is 2.21. The van der Waals surface area contributed by atoms with Crippen LogP contribution >= 0.6 is 0 Å². The van der Waals surface area contributed by atoms with E-state index in [9.17, 15) is 4.79 Å². The van der Waals surface area contributed by atoms with Gasteiger partial charge in [0, 0.05) is 31.3 Å². The summed E-state index contributed by atoms with van der Waals surface area (Å²) in [6, 6.07) is 6.01. The number of aryl methyl sites for hydroxylation is 2. The van der Waals surface area contributed by atoms with Gasteiger partial charge >= 0.3 is 0 Å². The molecule has 0 atom stereocenters. The predicted octanol–water partition coefficient (Wildman–Crippen LogP) is 3.60. The Hall–Kier alpha value is -2.87. The fourth-order valence-electron chi connectivity index (χ4n) is 3.98.